The highest BCUT2D eigenvalue weighted by Gasteiger charge is 2.12. The normalized spacial score (nSPS) is 11.0. The fourth-order valence-corrected chi connectivity index (χ4v) is 2.82. The molecule has 0 saturated carbocycles. The fraction of sp³-hybridized carbons (Fsp3) is 0.300. The largest absolute Gasteiger partial charge is 0.475 e. The number of rotatable bonds is 8. The lowest BCUT2D eigenvalue weighted by molar-refractivity contribution is -0.384. The Morgan fingerprint density at radius 3 is 2.54 bits per heavy atom. The van der Waals surface area contributed by atoms with E-state index in [1.165, 1.54) is 12.1 Å². The molecule has 0 spiro atoms. The van der Waals surface area contributed by atoms with Crippen LogP contribution in [-0.2, 0) is 20.1 Å². The summed E-state index contributed by atoms with van der Waals surface area (Å²) < 4.78 is 7.29. The summed E-state index contributed by atoms with van der Waals surface area (Å²) in [7, 11) is 1.86. The van der Waals surface area contributed by atoms with Crippen LogP contribution in [0.2, 0.25) is 0 Å². The predicted octanol–water partition coefficient (Wildman–Crippen LogP) is 3.47. The monoisotopic (exact) mass is 381 g/mol. The first-order chi connectivity index (χ1) is 13.4. The maximum atomic E-state index is 10.8. The van der Waals surface area contributed by atoms with Crippen molar-refractivity contribution in [1.29, 1.82) is 0 Å². The lowest BCUT2D eigenvalue weighted by Gasteiger charge is -2.09. The smallest absolute Gasteiger partial charge is 0.269 e. The summed E-state index contributed by atoms with van der Waals surface area (Å²) in [5.41, 5.74) is 3.79. The second kappa shape index (κ2) is 8.62. The number of hydrogen-bond acceptors (Lipinski definition) is 6. The molecule has 0 aliphatic carbocycles. The van der Waals surface area contributed by atoms with Crippen LogP contribution in [0.5, 0.6) is 5.88 Å². The maximum absolute atomic E-state index is 10.8. The van der Waals surface area contributed by atoms with E-state index in [0.717, 1.165) is 22.4 Å². The molecule has 3 rings (SSSR count). The fourth-order valence-electron chi connectivity index (χ4n) is 2.82. The molecule has 0 bridgehead atoms. The van der Waals surface area contributed by atoms with Crippen molar-refractivity contribution in [2.75, 3.05) is 0 Å². The highest BCUT2D eigenvalue weighted by Crippen LogP contribution is 2.24. The number of non-ortho nitro benzene ring substituents is 1. The number of ether oxygens (including phenoxy) is 1. The van der Waals surface area contributed by atoms with Crippen LogP contribution in [0.1, 0.15) is 25.0 Å². The van der Waals surface area contributed by atoms with Crippen molar-refractivity contribution in [1.82, 2.24) is 20.1 Å². The van der Waals surface area contributed by atoms with Crippen molar-refractivity contribution in [2.45, 2.75) is 33.0 Å². The van der Waals surface area contributed by atoms with Crippen molar-refractivity contribution in [3.05, 3.63) is 70.0 Å². The van der Waals surface area contributed by atoms with E-state index in [4.69, 9.17) is 4.74 Å². The van der Waals surface area contributed by atoms with Gasteiger partial charge in [0.05, 0.1) is 16.7 Å². The number of pyridine rings is 1. The van der Waals surface area contributed by atoms with Crippen LogP contribution >= 0.6 is 0 Å². The second-order valence-electron chi connectivity index (χ2n) is 6.76. The quantitative estimate of drug-likeness (QED) is 0.474. The first-order valence-electron chi connectivity index (χ1n) is 9.02. The average molecular weight is 381 g/mol. The Balaban J connectivity index is 1.64. The number of hydrogen-bond donors (Lipinski definition) is 1. The number of nitro groups is 1. The summed E-state index contributed by atoms with van der Waals surface area (Å²) in [4.78, 5) is 14.7. The summed E-state index contributed by atoms with van der Waals surface area (Å²) >= 11 is 0. The Hall–Kier alpha value is -3.26. The maximum Gasteiger partial charge on any atom is 0.269 e. The minimum atomic E-state index is -0.407. The van der Waals surface area contributed by atoms with Crippen LogP contribution in [0.3, 0.4) is 0 Å². The molecule has 0 radical (unpaired) electrons. The summed E-state index contributed by atoms with van der Waals surface area (Å²) in [5.74, 6) is 0.617. The van der Waals surface area contributed by atoms with Crippen molar-refractivity contribution >= 4 is 5.69 Å². The molecule has 1 N–H and O–H groups in total. The summed E-state index contributed by atoms with van der Waals surface area (Å²) in [6.45, 7) is 5.20. The third kappa shape index (κ3) is 4.92. The van der Waals surface area contributed by atoms with Crippen LogP contribution in [-0.4, -0.2) is 25.8 Å². The topological polar surface area (TPSA) is 95.1 Å². The number of nitrogens with one attached hydrogen (secondary N) is 1. The van der Waals surface area contributed by atoms with Gasteiger partial charge in [-0.3, -0.25) is 14.8 Å². The third-order valence-electron chi connectivity index (χ3n) is 4.05. The Labute approximate surface area is 163 Å². The molecule has 0 unspecified atom stereocenters. The molecule has 28 heavy (non-hydrogen) atoms. The third-order valence-corrected chi connectivity index (χ3v) is 4.05. The second-order valence-corrected chi connectivity index (χ2v) is 6.76. The lowest BCUT2D eigenvalue weighted by Crippen LogP contribution is -2.13. The highest BCUT2D eigenvalue weighted by molar-refractivity contribution is 5.64. The van der Waals surface area contributed by atoms with Crippen molar-refractivity contribution in [2.24, 2.45) is 7.05 Å². The predicted molar refractivity (Wildman–Crippen MR) is 106 cm³/mol. The van der Waals surface area contributed by atoms with Gasteiger partial charge in [0.2, 0.25) is 5.88 Å². The van der Waals surface area contributed by atoms with E-state index in [-0.39, 0.29) is 11.8 Å². The molecule has 0 amide bonds. The zero-order chi connectivity index (χ0) is 20.1. The van der Waals surface area contributed by atoms with Crippen LogP contribution in [0.4, 0.5) is 5.69 Å². The van der Waals surface area contributed by atoms with Gasteiger partial charge in [0, 0.05) is 61.9 Å². The molecule has 8 nitrogen and oxygen atoms in total. The van der Waals surface area contributed by atoms with E-state index >= 15 is 0 Å². The minimum Gasteiger partial charge on any atom is -0.475 e. The van der Waals surface area contributed by atoms with E-state index in [1.807, 2.05) is 39.2 Å². The number of nitro benzene ring substituents is 1. The molecular weight excluding hydrogens is 358 g/mol. The summed E-state index contributed by atoms with van der Waals surface area (Å²) in [6, 6.07) is 10.3. The first-order valence-corrected chi connectivity index (χ1v) is 9.02. The number of aromatic nitrogens is 3. The van der Waals surface area contributed by atoms with Gasteiger partial charge in [-0.1, -0.05) is 6.07 Å². The molecule has 3 aromatic rings. The zero-order valence-corrected chi connectivity index (χ0v) is 16.1. The van der Waals surface area contributed by atoms with Gasteiger partial charge in [-0.15, -0.1) is 0 Å². The minimum absolute atomic E-state index is 0.0664. The average Bonchev–Trinajstić information content (AvgIpc) is 3.03. The highest BCUT2D eigenvalue weighted by atomic mass is 16.6. The van der Waals surface area contributed by atoms with Gasteiger partial charge in [0.1, 0.15) is 0 Å². The molecule has 0 fully saturated rings. The van der Waals surface area contributed by atoms with Gasteiger partial charge < -0.3 is 10.1 Å². The van der Waals surface area contributed by atoms with E-state index in [9.17, 15) is 10.1 Å². The SMILES string of the molecule is CC(C)Oc1ccc(CNCc2cn(C)nc2-c2ccc([N+](=O)[O-])cc2)cn1. The Bertz CT molecular complexity index is 933. The van der Waals surface area contributed by atoms with E-state index in [2.05, 4.69) is 15.4 Å². The molecule has 0 saturated heterocycles. The van der Waals surface area contributed by atoms with Crippen molar-refractivity contribution < 1.29 is 9.66 Å². The molecule has 0 aliphatic heterocycles. The molecule has 146 valence electrons. The van der Waals surface area contributed by atoms with Gasteiger partial charge in [-0.05, 0) is 31.5 Å². The van der Waals surface area contributed by atoms with Gasteiger partial charge >= 0.3 is 0 Å². The molecule has 0 atom stereocenters. The first kappa shape index (κ1) is 19.5. The summed E-state index contributed by atoms with van der Waals surface area (Å²) in [5, 5.41) is 18.7. The van der Waals surface area contributed by atoms with Gasteiger partial charge in [-0.2, -0.15) is 5.10 Å². The lowest BCUT2D eigenvalue weighted by atomic mass is 10.1. The van der Waals surface area contributed by atoms with Gasteiger partial charge in [0.15, 0.2) is 0 Å². The summed E-state index contributed by atoms with van der Waals surface area (Å²) in [6.07, 6.45) is 3.84. The van der Waals surface area contributed by atoms with Crippen LogP contribution in [0.15, 0.2) is 48.8 Å². The van der Waals surface area contributed by atoms with Crippen molar-refractivity contribution in [3.63, 3.8) is 0 Å². The number of nitrogens with zero attached hydrogens (tertiary/aromatic N) is 4. The Morgan fingerprint density at radius 2 is 1.93 bits per heavy atom. The molecule has 8 heteroatoms. The standard InChI is InChI=1S/C20H23N5O3/c1-14(2)28-19-9-4-15(11-22-19)10-21-12-17-13-24(3)23-20(17)16-5-7-18(8-6-16)25(26)27/h4-9,11,13-14,21H,10,12H2,1-3H3. The zero-order valence-electron chi connectivity index (χ0n) is 16.1. The van der Waals surface area contributed by atoms with Crippen molar-refractivity contribution in [3.8, 4) is 17.1 Å². The molecular formula is C20H23N5O3. The van der Waals surface area contributed by atoms with Crippen LogP contribution < -0.4 is 10.1 Å². The number of aryl methyl sites for hydroxylation is 1. The molecule has 2 aromatic heterocycles. The van der Waals surface area contributed by atoms with Gasteiger partial charge in [0.25, 0.3) is 5.69 Å². The van der Waals surface area contributed by atoms with E-state index < -0.39 is 4.92 Å². The molecule has 2 heterocycles. The van der Waals surface area contributed by atoms with E-state index in [0.29, 0.717) is 19.0 Å². The Kier molecular flexibility index (Phi) is 6.00. The van der Waals surface area contributed by atoms with Crippen LogP contribution in [0, 0.1) is 10.1 Å². The van der Waals surface area contributed by atoms with Crippen LogP contribution in [0.25, 0.3) is 11.3 Å². The van der Waals surface area contributed by atoms with Gasteiger partial charge in [-0.25, -0.2) is 4.98 Å². The van der Waals surface area contributed by atoms with E-state index in [1.54, 1.807) is 23.0 Å². The Morgan fingerprint density at radius 1 is 1.18 bits per heavy atom. The molecule has 0 aliphatic rings. The molecule has 1 aromatic carbocycles. The number of benzene rings is 1.